The molecule has 0 aromatic heterocycles. The molecule has 2 rings (SSSR count). The summed E-state index contributed by atoms with van der Waals surface area (Å²) in [7, 11) is 0. The van der Waals surface area contributed by atoms with Gasteiger partial charge < -0.3 is 11.1 Å². The molecule has 1 aromatic carbocycles. The number of fused-ring (bicyclic) bond motifs is 1. The zero-order valence-corrected chi connectivity index (χ0v) is 6.73. The van der Waals surface area contributed by atoms with E-state index in [1.165, 1.54) is 6.07 Å². The Hall–Kier alpha value is -1.09. The molecule has 1 aliphatic heterocycles. The van der Waals surface area contributed by atoms with Gasteiger partial charge in [-0.25, -0.2) is 4.39 Å². The van der Waals surface area contributed by atoms with Crippen LogP contribution in [-0.4, -0.2) is 6.54 Å². The minimum atomic E-state index is -0.183. The lowest BCUT2D eigenvalue weighted by molar-refractivity contribution is 0.564. The minimum absolute atomic E-state index is 0.183. The van der Waals surface area contributed by atoms with Crippen molar-refractivity contribution in [3.05, 3.63) is 29.1 Å². The summed E-state index contributed by atoms with van der Waals surface area (Å²) in [5.41, 5.74) is 7.86. The van der Waals surface area contributed by atoms with E-state index in [1.54, 1.807) is 0 Å². The Morgan fingerprint density at radius 2 is 2.25 bits per heavy atom. The summed E-state index contributed by atoms with van der Waals surface area (Å²) in [4.78, 5) is 0. The van der Waals surface area contributed by atoms with Gasteiger partial charge in [0.1, 0.15) is 5.82 Å². The molecule has 64 valence electrons. The first-order valence-electron chi connectivity index (χ1n) is 4.05. The van der Waals surface area contributed by atoms with Crippen molar-refractivity contribution in [2.75, 3.05) is 12.3 Å². The normalized spacial score (nSPS) is 15.8. The van der Waals surface area contributed by atoms with E-state index >= 15 is 0 Å². The molecular formula is C9H11FN2. The molecule has 2 nitrogen and oxygen atoms in total. The van der Waals surface area contributed by atoms with Gasteiger partial charge in [-0.3, -0.25) is 0 Å². The molecule has 0 spiro atoms. The molecule has 12 heavy (non-hydrogen) atoms. The number of halogens is 1. The van der Waals surface area contributed by atoms with Gasteiger partial charge >= 0.3 is 0 Å². The summed E-state index contributed by atoms with van der Waals surface area (Å²) >= 11 is 0. The largest absolute Gasteiger partial charge is 0.399 e. The van der Waals surface area contributed by atoms with Gasteiger partial charge in [-0.1, -0.05) is 0 Å². The molecule has 0 amide bonds. The topological polar surface area (TPSA) is 38.0 Å². The SMILES string of the molecule is Nc1cc(F)c2c(c1)CCNC2. The maximum absolute atomic E-state index is 13.2. The zero-order chi connectivity index (χ0) is 8.55. The lowest BCUT2D eigenvalue weighted by Crippen LogP contribution is -2.24. The van der Waals surface area contributed by atoms with Crippen LogP contribution in [0, 0.1) is 5.82 Å². The Kier molecular flexibility index (Phi) is 1.73. The van der Waals surface area contributed by atoms with Crippen LogP contribution in [0.3, 0.4) is 0 Å². The summed E-state index contributed by atoms with van der Waals surface area (Å²) in [6.07, 6.45) is 0.872. The monoisotopic (exact) mass is 166 g/mol. The summed E-state index contributed by atoms with van der Waals surface area (Å²) in [5, 5.41) is 3.12. The maximum atomic E-state index is 13.2. The molecule has 0 aliphatic carbocycles. The second-order valence-electron chi connectivity index (χ2n) is 3.07. The van der Waals surface area contributed by atoms with Crippen LogP contribution in [0.5, 0.6) is 0 Å². The number of anilines is 1. The molecule has 0 fully saturated rings. The van der Waals surface area contributed by atoms with Crippen molar-refractivity contribution < 1.29 is 4.39 Å². The maximum Gasteiger partial charge on any atom is 0.130 e. The molecular weight excluding hydrogens is 155 g/mol. The van der Waals surface area contributed by atoms with Gasteiger partial charge in [-0.2, -0.15) is 0 Å². The predicted molar refractivity (Wildman–Crippen MR) is 46.2 cm³/mol. The lowest BCUT2D eigenvalue weighted by atomic mass is 10.00. The molecule has 0 unspecified atom stereocenters. The zero-order valence-electron chi connectivity index (χ0n) is 6.73. The first kappa shape index (κ1) is 7.55. The van der Waals surface area contributed by atoms with Crippen molar-refractivity contribution in [3.8, 4) is 0 Å². The fraction of sp³-hybridized carbons (Fsp3) is 0.333. The van der Waals surface area contributed by atoms with Crippen molar-refractivity contribution in [1.82, 2.24) is 5.32 Å². The van der Waals surface area contributed by atoms with E-state index in [1.807, 2.05) is 6.07 Å². The van der Waals surface area contributed by atoms with Crippen molar-refractivity contribution in [2.24, 2.45) is 0 Å². The van der Waals surface area contributed by atoms with Gasteiger partial charge in [0.15, 0.2) is 0 Å². The third-order valence-electron chi connectivity index (χ3n) is 2.18. The molecule has 0 saturated carbocycles. The van der Waals surface area contributed by atoms with Crippen LogP contribution in [0.15, 0.2) is 12.1 Å². The fourth-order valence-corrected chi connectivity index (χ4v) is 1.57. The highest BCUT2D eigenvalue weighted by Crippen LogP contribution is 2.20. The first-order chi connectivity index (χ1) is 5.77. The predicted octanol–water partition coefficient (Wildman–Crippen LogP) is 1.05. The number of nitrogen functional groups attached to an aromatic ring is 1. The highest BCUT2D eigenvalue weighted by molar-refractivity contribution is 5.46. The van der Waals surface area contributed by atoms with Crippen LogP contribution in [-0.2, 0) is 13.0 Å². The molecule has 0 bridgehead atoms. The average molecular weight is 166 g/mol. The van der Waals surface area contributed by atoms with E-state index in [9.17, 15) is 4.39 Å². The second-order valence-corrected chi connectivity index (χ2v) is 3.07. The molecule has 3 heteroatoms. The molecule has 3 N–H and O–H groups in total. The van der Waals surface area contributed by atoms with Gasteiger partial charge in [-0.15, -0.1) is 0 Å². The Morgan fingerprint density at radius 1 is 1.42 bits per heavy atom. The number of nitrogens with one attached hydrogen (secondary N) is 1. The molecule has 0 atom stereocenters. The molecule has 1 heterocycles. The molecule has 1 aliphatic rings. The van der Waals surface area contributed by atoms with E-state index in [0.29, 0.717) is 12.2 Å². The average Bonchev–Trinajstić information content (AvgIpc) is 2.04. The van der Waals surface area contributed by atoms with Crippen molar-refractivity contribution in [2.45, 2.75) is 13.0 Å². The van der Waals surface area contributed by atoms with E-state index in [-0.39, 0.29) is 5.82 Å². The van der Waals surface area contributed by atoms with Gasteiger partial charge in [-0.05, 0) is 30.7 Å². The van der Waals surface area contributed by atoms with Crippen molar-refractivity contribution >= 4 is 5.69 Å². The summed E-state index contributed by atoms with van der Waals surface area (Å²) in [6, 6.07) is 3.24. The van der Waals surface area contributed by atoms with Gasteiger partial charge in [0, 0.05) is 17.8 Å². The fourth-order valence-electron chi connectivity index (χ4n) is 1.57. The summed E-state index contributed by atoms with van der Waals surface area (Å²) in [5.74, 6) is -0.183. The molecule has 0 radical (unpaired) electrons. The van der Waals surface area contributed by atoms with Gasteiger partial charge in [0.2, 0.25) is 0 Å². The van der Waals surface area contributed by atoms with Gasteiger partial charge in [0.25, 0.3) is 0 Å². The van der Waals surface area contributed by atoms with Crippen LogP contribution in [0.4, 0.5) is 10.1 Å². The standard InChI is InChI=1S/C9H11FN2/c10-9-4-7(11)3-6-1-2-12-5-8(6)9/h3-4,12H,1-2,5,11H2. The smallest absolute Gasteiger partial charge is 0.130 e. The van der Waals surface area contributed by atoms with Crippen molar-refractivity contribution in [3.63, 3.8) is 0 Å². The molecule has 1 aromatic rings. The van der Waals surface area contributed by atoms with E-state index in [2.05, 4.69) is 5.32 Å². The number of hydrogen-bond donors (Lipinski definition) is 2. The molecule has 0 saturated heterocycles. The number of nitrogens with two attached hydrogens (primary N) is 1. The first-order valence-corrected chi connectivity index (χ1v) is 4.05. The Labute approximate surface area is 70.6 Å². The quantitative estimate of drug-likeness (QED) is 0.565. The van der Waals surface area contributed by atoms with E-state index in [4.69, 9.17) is 5.73 Å². The summed E-state index contributed by atoms with van der Waals surface area (Å²) < 4.78 is 13.2. The lowest BCUT2D eigenvalue weighted by Gasteiger charge is -2.17. The van der Waals surface area contributed by atoms with Crippen LogP contribution in [0.25, 0.3) is 0 Å². The van der Waals surface area contributed by atoms with Crippen molar-refractivity contribution in [1.29, 1.82) is 0 Å². The van der Waals surface area contributed by atoms with Crippen LogP contribution < -0.4 is 11.1 Å². The van der Waals surface area contributed by atoms with E-state index < -0.39 is 0 Å². The number of benzene rings is 1. The Bertz CT molecular complexity index is 310. The van der Waals surface area contributed by atoms with Crippen LogP contribution >= 0.6 is 0 Å². The number of hydrogen-bond acceptors (Lipinski definition) is 2. The van der Waals surface area contributed by atoms with Crippen LogP contribution in [0.1, 0.15) is 11.1 Å². The highest BCUT2D eigenvalue weighted by Gasteiger charge is 2.13. The Balaban J connectivity index is 2.53. The van der Waals surface area contributed by atoms with Crippen LogP contribution in [0.2, 0.25) is 0 Å². The minimum Gasteiger partial charge on any atom is -0.399 e. The third-order valence-corrected chi connectivity index (χ3v) is 2.18. The Morgan fingerprint density at radius 3 is 3.08 bits per heavy atom. The number of rotatable bonds is 0. The second kappa shape index (κ2) is 2.75. The van der Waals surface area contributed by atoms with E-state index in [0.717, 1.165) is 24.1 Å². The third kappa shape index (κ3) is 1.16. The summed E-state index contributed by atoms with van der Waals surface area (Å²) in [6.45, 7) is 1.54. The highest BCUT2D eigenvalue weighted by atomic mass is 19.1. The van der Waals surface area contributed by atoms with Gasteiger partial charge in [0.05, 0.1) is 0 Å².